The lowest BCUT2D eigenvalue weighted by molar-refractivity contribution is 0.411. The Kier molecular flexibility index (Phi) is 2.75. The van der Waals surface area contributed by atoms with E-state index in [1.165, 1.54) is 18.0 Å². The number of likely N-dealkylation sites (N-methyl/N-ethyl adjacent to an activating group) is 1. The summed E-state index contributed by atoms with van der Waals surface area (Å²) in [5.74, 6) is 0.628. The smallest absolute Gasteiger partial charge is 0.142 e. The van der Waals surface area contributed by atoms with Gasteiger partial charge in [-0.3, -0.25) is 0 Å². The molecule has 3 heterocycles. The molecule has 0 radical (unpaired) electrons. The maximum atomic E-state index is 4.71. The van der Waals surface area contributed by atoms with Crippen molar-refractivity contribution in [2.24, 2.45) is 0 Å². The van der Waals surface area contributed by atoms with Gasteiger partial charge in [-0.25, -0.2) is 9.97 Å². The highest BCUT2D eigenvalue weighted by Gasteiger charge is 2.24. The molecule has 1 saturated heterocycles. The molecule has 0 aromatic carbocycles. The molecule has 1 aliphatic rings. The van der Waals surface area contributed by atoms with E-state index in [1.54, 1.807) is 22.7 Å². The average molecular weight is 251 g/mol. The van der Waals surface area contributed by atoms with E-state index < -0.39 is 0 Å². The van der Waals surface area contributed by atoms with Crippen molar-refractivity contribution in [3.05, 3.63) is 22.0 Å². The van der Waals surface area contributed by atoms with Crippen molar-refractivity contribution in [3.8, 4) is 10.7 Å². The van der Waals surface area contributed by atoms with Gasteiger partial charge in [0.1, 0.15) is 10.7 Å². The zero-order chi connectivity index (χ0) is 11.0. The van der Waals surface area contributed by atoms with Crippen LogP contribution in [0.15, 0.2) is 17.0 Å². The third kappa shape index (κ3) is 1.90. The summed E-state index contributed by atoms with van der Waals surface area (Å²) in [6.45, 7) is 2.33. The molecule has 1 unspecified atom stereocenters. The van der Waals surface area contributed by atoms with Crippen LogP contribution < -0.4 is 0 Å². The lowest BCUT2D eigenvalue weighted by atomic mass is 10.1. The Labute approximate surface area is 103 Å². The fraction of sp³-hybridized carbons (Fsp3) is 0.455. The highest BCUT2D eigenvalue weighted by atomic mass is 32.1. The predicted octanol–water partition coefficient (Wildman–Crippen LogP) is 2.69. The molecule has 0 aliphatic carbocycles. The fourth-order valence-electron chi connectivity index (χ4n) is 2.06. The number of aromatic nitrogens is 2. The second-order valence-corrected chi connectivity index (χ2v) is 5.94. The van der Waals surface area contributed by atoms with Crippen molar-refractivity contribution >= 4 is 22.7 Å². The van der Waals surface area contributed by atoms with Crippen LogP contribution in [-0.2, 0) is 0 Å². The number of rotatable bonds is 2. The fourth-order valence-corrected chi connectivity index (χ4v) is 3.66. The number of likely N-dealkylation sites (tertiary alicyclic amines) is 1. The monoisotopic (exact) mass is 251 g/mol. The third-order valence-corrected chi connectivity index (χ3v) is 4.72. The summed E-state index contributed by atoms with van der Waals surface area (Å²) in [5.41, 5.74) is 1.05. The zero-order valence-electron chi connectivity index (χ0n) is 9.09. The first-order chi connectivity index (χ1) is 7.83. The van der Waals surface area contributed by atoms with E-state index in [-0.39, 0.29) is 0 Å². The van der Waals surface area contributed by atoms with Gasteiger partial charge in [-0.1, -0.05) is 0 Å². The maximum absolute atomic E-state index is 4.71. The Morgan fingerprint density at radius 2 is 2.38 bits per heavy atom. The molecule has 5 heteroatoms. The lowest BCUT2D eigenvalue weighted by Gasteiger charge is -2.06. The van der Waals surface area contributed by atoms with Gasteiger partial charge in [-0.05, 0) is 20.0 Å². The molecule has 0 N–H and O–H groups in total. The standard InChI is InChI=1S/C11H13N3S2/c1-14-4-2-8(6-14)10-13-9(7-16-10)11-12-3-5-15-11/h3,5,7-8H,2,4,6H2,1H3. The summed E-state index contributed by atoms with van der Waals surface area (Å²) in [4.78, 5) is 11.4. The van der Waals surface area contributed by atoms with Crippen LogP contribution in [0.25, 0.3) is 10.7 Å². The minimum absolute atomic E-state index is 0.628. The molecule has 3 rings (SSSR count). The van der Waals surface area contributed by atoms with Crippen LogP contribution >= 0.6 is 22.7 Å². The van der Waals surface area contributed by atoms with Crippen LogP contribution in [0.3, 0.4) is 0 Å². The molecule has 3 nitrogen and oxygen atoms in total. The first-order valence-corrected chi connectivity index (χ1v) is 7.12. The molecule has 16 heavy (non-hydrogen) atoms. The normalized spacial score (nSPS) is 21.7. The first-order valence-electron chi connectivity index (χ1n) is 5.37. The lowest BCUT2D eigenvalue weighted by Crippen LogP contribution is -2.13. The minimum Gasteiger partial charge on any atom is -0.306 e. The van der Waals surface area contributed by atoms with E-state index in [0.29, 0.717) is 5.92 Å². The van der Waals surface area contributed by atoms with Crippen LogP contribution in [0.4, 0.5) is 0 Å². The van der Waals surface area contributed by atoms with Crippen molar-refractivity contribution in [3.63, 3.8) is 0 Å². The molecular formula is C11H13N3S2. The van der Waals surface area contributed by atoms with Gasteiger partial charge in [-0.2, -0.15) is 0 Å². The Balaban J connectivity index is 1.83. The van der Waals surface area contributed by atoms with Gasteiger partial charge in [0.15, 0.2) is 0 Å². The van der Waals surface area contributed by atoms with Crippen LogP contribution in [0, 0.1) is 0 Å². The molecule has 0 spiro atoms. The number of hydrogen-bond donors (Lipinski definition) is 0. The largest absolute Gasteiger partial charge is 0.306 e. The van der Waals surface area contributed by atoms with Gasteiger partial charge in [0.2, 0.25) is 0 Å². The quantitative estimate of drug-likeness (QED) is 0.821. The summed E-state index contributed by atoms with van der Waals surface area (Å²) >= 11 is 3.43. The predicted molar refractivity (Wildman–Crippen MR) is 68.1 cm³/mol. The molecule has 1 fully saturated rings. The molecule has 84 valence electrons. The molecule has 2 aromatic heterocycles. The van der Waals surface area contributed by atoms with Gasteiger partial charge in [0, 0.05) is 29.4 Å². The Hall–Kier alpha value is -0.780. The van der Waals surface area contributed by atoms with Crippen LogP contribution in [0.2, 0.25) is 0 Å². The first kappa shape index (κ1) is 10.4. The van der Waals surface area contributed by atoms with Gasteiger partial charge in [0.05, 0.1) is 5.01 Å². The van der Waals surface area contributed by atoms with Gasteiger partial charge in [-0.15, -0.1) is 22.7 Å². The second kappa shape index (κ2) is 4.24. The summed E-state index contributed by atoms with van der Waals surface area (Å²) in [7, 11) is 2.18. The van der Waals surface area contributed by atoms with Crippen molar-refractivity contribution in [2.45, 2.75) is 12.3 Å². The van der Waals surface area contributed by atoms with Crippen molar-refractivity contribution in [1.29, 1.82) is 0 Å². The van der Waals surface area contributed by atoms with E-state index in [4.69, 9.17) is 4.98 Å². The number of thiazole rings is 2. The van der Waals surface area contributed by atoms with Gasteiger partial charge >= 0.3 is 0 Å². The highest BCUT2D eigenvalue weighted by Crippen LogP contribution is 2.32. The molecule has 0 amide bonds. The van der Waals surface area contributed by atoms with E-state index in [1.807, 2.05) is 11.6 Å². The van der Waals surface area contributed by atoms with Crippen LogP contribution in [0.5, 0.6) is 0 Å². The highest BCUT2D eigenvalue weighted by molar-refractivity contribution is 7.14. The van der Waals surface area contributed by atoms with E-state index in [0.717, 1.165) is 17.2 Å². The topological polar surface area (TPSA) is 29.0 Å². The van der Waals surface area contributed by atoms with Gasteiger partial charge in [0.25, 0.3) is 0 Å². The molecule has 1 atom stereocenters. The van der Waals surface area contributed by atoms with Gasteiger partial charge < -0.3 is 4.90 Å². The Morgan fingerprint density at radius 1 is 1.44 bits per heavy atom. The summed E-state index contributed by atoms with van der Waals surface area (Å²) in [6, 6.07) is 0. The molecular weight excluding hydrogens is 238 g/mol. The molecule has 0 saturated carbocycles. The summed E-state index contributed by atoms with van der Waals surface area (Å²) < 4.78 is 0. The summed E-state index contributed by atoms with van der Waals surface area (Å²) in [6.07, 6.45) is 3.07. The minimum atomic E-state index is 0.628. The van der Waals surface area contributed by atoms with Crippen molar-refractivity contribution < 1.29 is 0 Å². The van der Waals surface area contributed by atoms with E-state index in [9.17, 15) is 0 Å². The Bertz CT molecular complexity index is 463. The number of hydrogen-bond acceptors (Lipinski definition) is 5. The van der Waals surface area contributed by atoms with E-state index >= 15 is 0 Å². The van der Waals surface area contributed by atoms with Crippen molar-refractivity contribution in [1.82, 2.24) is 14.9 Å². The maximum Gasteiger partial charge on any atom is 0.142 e. The van der Waals surface area contributed by atoms with Crippen molar-refractivity contribution in [2.75, 3.05) is 20.1 Å². The molecule has 1 aliphatic heterocycles. The van der Waals surface area contributed by atoms with Crippen LogP contribution in [-0.4, -0.2) is 35.0 Å². The van der Waals surface area contributed by atoms with E-state index in [2.05, 4.69) is 22.3 Å². The average Bonchev–Trinajstić information content (AvgIpc) is 2.97. The zero-order valence-corrected chi connectivity index (χ0v) is 10.7. The number of nitrogens with zero attached hydrogens (tertiary/aromatic N) is 3. The molecule has 0 bridgehead atoms. The Morgan fingerprint density at radius 3 is 3.06 bits per heavy atom. The third-order valence-electron chi connectivity index (χ3n) is 2.91. The molecule has 2 aromatic rings. The second-order valence-electron chi connectivity index (χ2n) is 4.16. The van der Waals surface area contributed by atoms with Crippen LogP contribution in [0.1, 0.15) is 17.3 Å². The summed E-state index contributed by atoms with van der Waals surface area (Å²) in [5, 5.41) is 6.44. The SMILES string of the molecule is CN1CCC(c2nc(-c3nccs3)cs2)C1.